The summed E-state index contributed by atoms with van der Waals surface area (Å²) in [5.74, 6) is 0.321. The molecule has 200 valence electrons. The van der Waals surface area contributed by atoms with Gasteiger partial charge in [-0.25, -0.2) is 4.79 Å². The van der Waals surface area contributed by atoms with Crippen LogP contribution >= 0.6 is 0 Å². The van der Waals surface area contributed by atoms with Crippen molar-refractivity contribution in [1.29, 1.82) is 0 Å². The molecule has 3 aromatic rings. The molecule has 3 aromatic carbocycles. The molecule has 4 aliphatic rings. The summed E-state index contributed by atoms with van der Waals surface area (Å²) in [6, 6.07) is 21.9. The molecule has 1 unspecified atom stereocenters. The van der Waals surface area contributed by atoms with Crippen molar-refractivity contribution in [2.75, 3.05) is 19.6 Å². The van der Waals surface area contributed by atoms with Crippen molar-refractivity contribution in [3.8, 4) is 5.75 Å². The second kappa shape index (κ2) is 10.7. The molecule has 0 saturated carbocycles. The lowest BCUT2D eigenvalue weighted by molar-refractivity contribution is -0.167. The number of esters is 1. The molecule has 3 saturated heterocycles. The van der Waals surface area contributed by atoms with E-state index in [1.54, 1.807) is 36.4 Å². The molecule has 2 atom stereocenters. The van der Waals surface area contributed by atoms with E-state index in [0.717, 1.165) is 55.5 Å². The van der Waals surface area contributed by atoms with Gasteiger partial charge in [-0.3, -0.25) is 14.5 Å². The fourth-order valence-electron chi connectivity index (χ4n) is 6.11. The Kier molecular flexibility index (Phi) is 6.92. The second-order valence-electron chi connectivity index (χ2n) is 10.8. The zero-order chi connectivity index (χ0) is 26.8. The zero-order valence-corrected chi connectivity index (χ0v) is 21.8. The molecule has 3 aliphatic heterocycles. The number of rotatable bonds is 8. The van der Waals surface area contributed by atoms with Gasteiger partial charge in [0.2, 0.25) is 0 Å². The normalized spacial score (nSPS) is 25.0. The van der Waals surface area contributed by atoms with Gasteiger partial charge in [-0.05, 0) is 85.6 Å². The minimum absolute atomic E-state index is 0.132. The number of aldehydes is 1. The van der Waals surface area contributed by atoms with Crippen molar-refractivity contribution in [2.24, 2.45) is 5.92 Å². The van der Waals surface area contributed by atoms with E-state index >= 15 is 0 Å². The van der Waals surface area contributed by atoms with Gasteiger partial charge in [-0.1, -0.05) is 48.5 Å². The van der Waals surface area contributed by atoms with Crippen LogP contribution in [0.4, 0.5) is 0 Å². The third-order valence-electron chi connectivity index (χ3n) is 8.41. The number of fused-ring (bicyclic) bond motifs is 4. The molecule has 3 heterocycles. The summed E-state index contributed by atoms with van der Waals surface area (Å²) in [6.07, 6.45) is 3.94. The van der Waals surface area contributed by atoms with E-state index in [1.165, 1.54) is 0 Å². The van der Waals surface area contributed by atoms with Gasteiger partial charge in [0.1, 0.15) is 24.7 Å². The molecule has 1 amide bonds. The van der Waals surface area contributed by atoms with Gasteiger partial charge in [-0.15, -0.1) is 0 Å². The summed E-state index contributed by atoms with van der Waals surface area (Å²) in [5, 5.41) is 3.09. The van der Waals surface area contributed by atoms with E-state index in [-0.39, 0.29) is 18.0 Å². The number of aryl methyl sites for hydroxylation is 1. The summed E-state index contributed by atoms with van der Waals surface area (Å²) in [6.45, 7) is 3.24. The summed E-state index contributed by atoms with van der Waals surface area (Å²) < 4.78 is 12.0. The number of carbonyl (C=O) groups is 3. The molecule has 3 fully saturated rings. The first-order chi connectivity index (χ1) is 19.0. The lowest BCUT2D eigenvalue weighted by atomic mass is 9.85. The fourth-order valence-corrected chi connectivity index (χ4v) is 6.11. The number of carbonyl (C=O) groups excluding carboxylic acids is 3. The predicted molar refractivity (Wildman–Crippen MR) is 146 cm³/mol. The average Bonchev–Trinajstić information content (AvgIpc) is 3.36. The van der Waals surface area contributed by atoms with Crippen molar-refractivity contribution in [3.63, 3.8) is 0 Å². The highest BCUT2D eigenvalue weighted by molar-refractivity contribution is 5.99. The highest BCUT2D eigenvalue weighted by atomic mass is 16.5. The smallest absolute Gasteiger partial charge is 0.336 e. The summed E-state index contributed by atoms with van der Waals surface area (Å²) in [7, 11) is 0. The first kappa shape index (κ1) is 25.3. The predicted octanol–water partition coefficient (Wildman–Crippen LogP) is 4.29. The molecule has 0 spiro atoms. The molecule has 7 heteroatoms. The van der Waals surface area contributed by atoms with Crippen LogP contribution in [-0.2, 0) is 28.1 Å². The Balaban J connectivity index is 1.17. The van der Waals surface area contributed by atoms with Crippen LogP contribution in [0.1, 0.15) is 56.7 Å². The van der Waals surface area contributed by atoms with Crippen molar-refractivity contribution in [2.45, 2.75) is 43.9 Å². The Morgan fingerprint density at radius 3 is 2.41 bits per heavy atom. The SMILES string of the molecule is O=Cc1ccc(COc2ccc(C(=O)NC3(C(=O)O[C@H]4CN5CCC4CC5)CCc4ccccc43)cc2)cc1. The third-order valence-corrected chi connectivity index (χ3v) is 8.41. The molecular formula is C32H32N2O5. The minimum Gasteiger partial charge on any atom is -0.489 e. The Labute approximate surface area is 228 Å². The van der Waals surface area contributed by atoms with Crippen molar-refractivity contribution in [3.05, 3.63) is 101 Å². The Hall–Kier alpha value is -3.97. The molecule has 7 rings (SSSR count). The maximum absolute atomic E-state index is 13.9. The quantitative estimate of drug-likeness (QED) is 0.350. The van der Waals surface area contributed by atoms with Gasteiger partial charge in [0.15, 0.2) is 5.54 Å². The topological polar surface area (TPSA) is 84.9 Å². The van der Waals surface area contributed by atoms with Crippen molar-refractivity contribution >= 4 is 18.2 Å². The van der Waals surface area contributed by atoms with E-state index in [2.05, 4.69) is 10.2 Å². The number of hydrogen-bond donors (Lipinski definition) is 1. The summed E-state index contributed by atoms with van der Waals surface area (Å²) in [5.41, 5.74) is 2.67. The van der Waals surface area contributed by atoms with Crippen molar-refractivity contribution in [1.82, 2.24) is 10.2 Å². The lowest BCUT2D eigenvalue weighted by Gasteiger charge is -2.45. The highest BCUT2D eigenvalue weighted by Crippen LogP contribution is 2.40. The molecule has 1 N–H and O–H groups in total. The monoisotopic (exact) mass is 524 g/mol. The molecule has 1 aliphatic carbocycles. The van der Waals surface area contributed by atoms with E-state index < -0.39 is 5.54 Å². The van der Waals surface area contributed by atoms with Gasteiger partial charge in [0.05, 0.1) is 0 Å². The van der Waals surface area contributed by atoms with Crippen LogP contribution in [0.3, 0.4) is 0 Å². The number of benzene rings is 3. The van der Waals surface area contributed by atoms with Crippen LogP contribution < -0.4 is 10.1 Å². The van der Waals surface area contributed by atoms with Crippen LogP contribution in [0.2, 0.25) is 0 Å². The van der Waals surface area contributed by atoms with Crippen LogP contribution in [0, 0.1) is 5.92 Å². The van der Waals surface area contributed by atoms with Crippen LogP contribution in [0.25, 0.3) is 0 Å². The fraction of sp³-hybridized carbons (Fsp3) is 0.344. The Bertz CT molecular complexity index is 1360. The molecule has 2 bridgehead atoms. The third kappa shape index (κ3) is 5.06. The Morgan fingerprint density at radius 2 is 1.72 bits per heavy atom. The molecule has 0 aromatic heterocycles. The van der Waals surface area contributed by atoms with Gasteiger partial charge < -0.3 is 14.8 Å². The zero-order valence-electron chi connectivity index (χ0n) is 21.8. The maximum atomic E-state index is 13.9. The first-order valence-corrected chi connectivity index (χ1v) is 13.7. The molecule has 39 heavy (non-hydrogen) atoms. The van der Waals surface area contributed by atoms with E-state index in [0.29, 0.717) is 42.2 Å². The Morgan fingerprint density at radius 1 is 0.974 bits per heavy atom. The summed E-state index contributed by atoms with van der Waals surface area (Å²) >= 11 is 0. The van der Waals surface area contributed by atoms with Crippen molar-refractivity contribution < 1.29 is 23.9 Å². The average molecular weight is 525 g/mol. The van der Waals surface area contributed by atoms with E-state index in [1.807, 2.05) is 36.4 Å². The van der Waals surface area contributed by atoms with Gasteiger partial charge in [0, 0.05) is 17.7 Å². The maximum Gasteiger partial charge on any atom is 0.336 e. The number of nitrogens with one attached hydrogen (secondary N) is 1. The number of amides is 1. The molecular weight excluding hydrogens is 492 g/mol. The number of piperidine rings is 3. The van der Waals surface area contributed by atoms with Gasteiger partial charge >= 0.3 is 5.97 Å². The summed E-state index contributed by atoms with van der Waals surface area (Å²) in [4.78, 5) is 40.5. The van der Waals surface area contributed by atoms with E-state index in [9.17, 15) is 14.4 Å². The lowest BCUT2D eigenvalue weighted by Crippen LogP contribution is -2.56. The number of hydrogen-bond acceptors (Lipinski definition) is 6. The molecule has 0 radical (unpaired) electrons. The van der Waals surface area contributed by atoms with Crippen LogP contribution in [0.15, 0.2) is 72.8 Å². The first-order valence-electron chi connectivity index (χ1n) is 13.7. The van der Waals surface area contributed by atoms with E-state index in [4.69, 9.17) is 9.47 Å². The minimum atomic E-state index is -1.21. The highest BCUT2D eigenvalue weighted by Gasteiger charge is 2.50. The standard InChI is InChI=1S/C32H32N2O5/c35-20-22-5-7-23(8-6-22)21-38-27-11-9-26(10-12-27)30(36)33-32(16-13-24-3-1-2-4-28(24)32)31(37)39-29-19-34-17-14-25(29)15-18-34/h1-12,20,25,29H,13-19,21H2,(H,33,36)/t29-,32?/m0/s1. The molecule has 7 nitrogen and oxygen atoms in total. The second-order valence-corrected chi connectivity index (χ2v) is 10.8. The largest absolute Gasteiger partial charge is 0.489 e. The van der Waals surface area contributed by atoms with Gasteiger partial charge in [0.25, 0.3) is 5.91 Å². The van der Waals surface area contributed by atoms with Crippen LogP contribution in [0.5, 0.6) is 5.75 Å². The van der Waals surface area contributed by atoms with Gasteiger partial charge in [-0.2, -0.15) is 0 Å². The number of ether oxygens (including phenoxy) is 2. The van der Waals surface area contributed by atoms with Crippen LogP contribution in [-0.4, -0.2) is 48.8 Å². The number of nitrogens with zero attached hydrogens (tertiary/aromatic N) is 1.